The third kappa shape index (κ3) is 5.87. The third-order valence-corrected chi connectivity index (χ3v) is 6.75. The quantitative estimate of drug-likeness (QED) is 0.148. The summed E-state index contributed by atoms with van der Waals surface area (Å²) in [6.45, 7) is 2.33. The zero-order valence-corrected chi connectivity index (χ0v) is 21.2. The van der Waals surface area contributed by atoms with Crippen molar-refractivity contribution in [2.45, 2.75) is 6.92 Å². The fourth-order valence-corrected chi connectivity index (χ4v) is 4.73. The Morgan fingerprint density at radius 1 is 1.00 bits per heavy atom. The molecule has 8 heteroatoms. The average Bonchev–Trinajstić information content (AvgIpc) is 3.07. The van der Waals surface area contributed by atoms with E-state index < -0.39 is 5.97 Å². The number of hydrogen-bond acceptors (Lipinski definition) is 6. The van der Waals surface area contributed by atoms with Gasteiger partial charge in [0.05, 0.1) is 17.0 Å². The molecule has 6 nitrogen and oxygen atoms in total. The molecule has 1 fully saturated rings. The lowest BCUT2D eigenvalue weighted by Gasteiger charge is -2.13. The molecule has 0 radical (unpaired) electrons. The summed E-state index contributed by atoms with van der Waals surface area (Å²) in [7, 11) is 0. The van der Waals surface area contributed by atoms with Gasteiger partial charge in [-0.3, -0.25) is 14.5 Å². The zero-order chi connectivity index (χ0) is 24.1. The number of thioether (sulfide) groups is 1. The van der Waals surface area contributed by atoms with E-state index in [0.717, 1.165) is 20.9 Å². The summed E-state index contributed by atoms with van der Waals surface area (Å²) in [4.78, 5) is 39.1. The first-order chi connectivity index (χ1) is 16.4. The molecule has 0 saturated carbocycles. The summed E-state index contributed by atoms with van der Waals surface area (Å²) in [6, 6.07) is 21.6. The zero-order valence-electron chi connectivity index (χ0n) is 18.2. The normalized spacial score (nSPS) is 14.5. The second-order valence-electron chi connectivity index (χ2n) is 7.44. The van der Waals surface area contributed by atoms with Crippen LogP contribution in [0.4, 0.5) is 4.79 Å². The van der Waals surface area contributed by atoms with Crippen LogP contribution < -0.4 is 9.47 Å². The Balaban J connectivity index is 1.40. The van der Waals surface area contributed by atoms with Crippen LogP contribution in [0.25, 0.3) is 6.08 Å². The third-order valence-electron chi connectivity index (χ3n) is 4.91. The highest BCUT2D eigenvalue weighted by Crippen LogP contribution is 2.32. The van der Waals surface area contributed by atoms with E-state index in [4.69, 9.17) is 9.47 Å². The van der Waals surface area contributed by atoms with Gasteiger partial charge in [0.25, 0.3) is 11.1 Å². The molecule has 0 aromatic heterocycles. The van der Waals surface area contributed by atoms with Gasteiger partial charge in [0, 0.05) is 3.57 Å². The van der Waals surface area contributed by atoms with Gasteiger partial charge in [0.2, 0.25) is 0 Å². The number of ether oxygens (including phenoxy) is 2. The minimum absolute atomic E-state index is 0.156. The topological polar surface area (TPSA) is 72.9 Å². The van der Waals surface area contributed by atoms with E-state index in [2.05, 4.69) is 22.6 Å². The van der Waals surface area contributed by atoms with Crippen LogP contribution in [0.2, 0.25) is 0 Å². The smallest absolute Gasteiger partial charge is 0.344 e. The molecule has 4 rings (SSSR count). The predicted octanol–water partition coefficient (Wildman–Crippen LogP) is 5.93. The van der Waals surface area contributed by atoms with Gasteiger partial charge in [-0.05, 0) is 94.9 Å². The van der Waals surface area contributed by atoms with Gasteiger partial charge in [0.1, 0.15) is 18.1 Å². The Bertz CT molecular complexity index is 1290. The number of halogens is 1. The molecule has 0 spiro atoms. The van der Waals surface area contributed by atoms with E-state index >= 15 is 0 Å². The van der Waals surface area contributed by atoms with Crippen LogP contribution in [0, 0.1) is 10.5 Å². The molecule has 1 heterocycles. The van der Waals surface area contributed by atoms with E-state index in [0.29, 0.717) is 27.5 Å². The number of hydrogen-bond donors (Lipinski definition) is 0. The molecule has 0 N–H and O–H groups in total. The van der Waals surface area contributed by atoms with Gasteiger partial charge < -0.3 is 9.47 Å². The summed E-state index contributed by atoms with van der Waals surface area (Å²) in [5.74, 6) is 0.211. The monoisotopic (exact) mass is 585 g/mol. The Hall–Kier alpha value is -3.11. The van der Waals surface area contributed by atoms with Gasteiger partial charge in [-0.25, -0.2) is 4.79 Å². The highest BCUT2D eigenvalue weighted by molar-refractivity contribution is 14.1. The van der Waals surface area contributed by atoms with E-state index in [1.165, 1.54) is 4.90 Å². The Kier molecular flexibility index (Phi) is 7.69. The number of nitrogens with zero attached hydrogens (tertiary/aromatic N) is 1. The van der Waals surface area contributed by atoms with Crippen LogP contribution in [-0.2, 0) is 4.79 Å². The minimum atomic E-state index is -0.462. The number of esters is 1. The second-order valence-corrected chi connectivity index (χ2v) is 9.60. The summed E-state index contributed by atoms with van der Waals surface area (Å²) in [5, 5.41) is -0.342. The highest BCUT2D eigenvalue weighted by atomic mass is 127. The molecule has 0 atom stereocenters. The maximum atomic E-state index is 12.8. The summed E-state index contributed by atoms with van der Waals surface area (Å²) >= 11 is 2.96. The van der Waals surface area contributed by atoms with Crippen molar-refractivity contribution < 1.29 is 23.9 Å². The number of aryl methyl sites for hydroxylation is 1. The molecule has 1 saturated heterocycles. The summed E-state index contributed by atoms with van der Waals surface area (Å²) in [5.41, 5.74) is 2.19. The highest BCUT2D eigenvalue weighted by Gasteiger charge is 2.34. The number of imide groups is 1. The molecule has 1 aliphatic heterocycles. The number of benzene rings is 3. The van der Waals surface area contributed by atoms with Crippen molar-refractivity contribution in [3.63, 3.8) is 0 Å². The first-order valence-corrected chi connectivity index (χ1v) is 12.3. The fourth-order valence-electron chi connectivity index (χ4n) is 3.26. The van der Waals surface area contributed by atoms with Crippen molar-refractivity contribution in [1.82, 2.24) is 4.90 Å². The minimum Gasteiger partial charge on any atom is -0.492 e. The molecule has 34 heavy (non-hydrogen) atoms. The standard InChI is InChI=1S/C26H20INO5S/c1-17-6-4-8-19(14-17)32-13-12-28-24(29)23(34-26(28)31)16-18-7-5-9-20(15-18)33-25(30)21-10-2-3-11-22(21)27/h2-11,14-16H,12-13H2,1H3/b23-16-. The molecule has 0 bridgehead atoms. The van der Waals surface area contributed by atoms with Crippen molar-refractivity contribution >= 4 is 57.5 Å². The lowest BCUT2D eigenvalue weighted by atomic mass is 10.2. The Labute approximate surface area is 215 Å². The van der Waals surface area contributed by atoms with Crippen LogP contribution >= 0.6 is 34.4 Å². The van der Waals surface area contributed by atoms with Crippen LogP contribution in [0.3, 0.4) is 0 Å². The van der Waals surface area contributed by atoms with Crippen molar-refractivity contribution in [2.24, 2.45) is 0 Å². The predicted molar refractivity (Wildman–Crippen MR) is 140 cm³/mol. The maximum absolute atomic E-state index is 12.8. The van der Waals surface area contributed by atoms with Crippen molar-refractivity contribution in [2.75, 3.05) is 13.2 Å². The number of carbonyl (C=O) groups is 3. The van der Waals surface area contributed by atoms with Crippen LogP contribution in [0.5, 0.6) is 11.5 Å². The SMILES string of the molecule is Cc1cccc(OCCN2C(=O)S/C(=C\c3cccc(OC(=O)c4ccccc4I)c3)C2=O)c1. The Morgan fingerprint density at radius 3 is 2.56 bits per heavy atom. The molecule has 1 aliphatic rings. The van der Waals surface area contributed by atoms with Gasteiger partial charge in [-0.15, -0.1) is 0 Å². The molecule has 0 aliphatic carbocycles. The van der Waals surface area contributed by atoms with Gasteiger partial charge >= 0.3 is 5.97 Å². The van der Waals surface area contributed by atoms with Crippen LogP contribution in [-0.4, -0.2) is 35.2 Å². The number of carbonyl (C=O) groups excluding carboxylic acids is 3. The summed E-state index contributed by atoms with van der Waals surface area (Å²) < 4.78 is 12.0. The number of rotatable bonds is 7. The van der Waals surface area contributed by atoms with E-state index in [1.807, 2.05) is 43.3 Å². The van der Waals surface area contributed by atoms with Gasteiger partial charge in [0.15, 0.2) is 0 Å². The molecule has 0 unspecified atom stereocenters. The molecular weight excluding hydrogens is 565 g/mol. The van der Waals surface area contributed by atoms with Gasteiger partial charge in [-0.2, -0.15) is 0 Å². The van der Waals surface area contributed by atoms with Crippen molar-refractivity contribution in [3.05, 3.63) is 98.0 Å². The molecule has 172 valence electrons. The lowest BCUT2D eigenvalue weighted by molar-refractivity contribution is -0.123. The molecule has 3 aromatic carbocycles. The maximum Gasteiger partial charge on any atom is 0.344 e. The van der Waals surface area contributed by atoms with Crippen molar-refractivity contribution in [3.8, 4) is 11.5 Å². The average molecular weight is 585 g/mol. The van der Waals surface area contributed by atoms with Crippen LogP contribution in [0.15, 0.2) is 77.7 Å². The first kappa shape index (κ1) is 24.0. The molecule has 3 aromatic rings. The van der Waals surface area contributed by atoms with E-state index in [-0.39, 0.29) is 24.3 Å². The van der Waals surface area contributed by atoms with Crippen LogP contribution in [0.1, 0.15) is 21.5 Å². The van der Waals surface area contributed by atoms with E-state index in [9.17, 15) is 14.4 Å². The van der Waals surface area contributed by atoms with Crippen molar-refractivity contribution in [1.29, 1.82) is 0 Å². The second kappa shape index (κ2) is 10.9. The summed E-state index contributed by atoms with van der Waals surface area (Å²) in [6.07, 6.45) is 1.62. The molecular formula is C26H20INO5S. The Morgan fingerprint density at radius 2 is 1.76 bits per heavy atom. The number of amides is 2. The van der Waals surface area contributed by atoms with Gasteiger partial charge in [-0.1, -0.05) is 36.4 Å². The first-order valence-electron chi connectivity index (χ1n) is 10.4. The largest absolute Gasteiger partial charge is 0.492 e. The molecule has 2 amide bonds. The van der Waals surface area contributed by atoms with E-state index in [1.54, 1.807) is 42.5 Å². The lowest BCUT2D eigenvalue weighted by Crippen LogP contribution is -2.32. The fraction of sp³-hybridized carbons (Fsp3) is 0.115.